The second kappa shape index (κ2) is 9.62. The molecule has 0 fully saturated rings. The summed E-state index contributed by atoms with van der Waals surface area (Å²) in [5.41, 5.74) is 1.62. The smallest absolute Gasteiger partial charge is 0.324 e. The average Bonchev–Trinajstić information content (AvgIpc) is 3.33. The number of aromatic nitrogens is 2. The van der Waals surface area contributed by atoms with E-state index < -0.39 is 17.6 Å². The van der Waals surface area contributed by atoms with Crippen molar-refractivity contribution in [2.24, 2.45) is 0 Å². The Kier molecular flexibility index (Phi) is 6.44. The van der Waals surface area contributed by atoms with Crippen LogP contribution < -0.4 is 10.6 Å². The maximum Gasteiger partial charge on any atom is 0.416 e. The molecule has 0 aliphatic rings. The number of carbonyl (C=O) groups excluding carboxylic acids is 2. The Morgan fingerprint density at radius 2 is 1.47 bits per heavy atom. The maximum atomic E-state index is 12.9. The molecule has 0 radical (unpaired) electrons. The van der Waals surface area contributed by atoms with E-state index in [2.05, 4.69) is 15.7 Å². The Bertz CT molecular complexity index is 1280. The first-order chi connectivity index (χ1) is 16.3. The molecule has 34 heavy (non-hydrogen) atoms. The molecule has 0 atom stereocenters. The van der Waals surface area contributed by atoms with Gasteiger partial charge in [0.25, 0.3) is 5.91 Å². The number of hydrogen-bond acceptors (Lipinski definition) is 3. The van der Waals surface area contributed by atoms with Gasteiger partial charge in [-0.3, -0.25) is 14.3 Å². The zero-order chi connectivity index (χ0) is 24.1. The fourth-order valence-electron chi connectivity index (χ4n) is 3.35. The highest BCUT2D eigenvalue weighted by Crippen LogP contribution is 2.32. The van der Waals surface area contributed by atoms with Crippen molar-refractivity contribution in [1.29, 1.82) is 0 Å². The molecule has 0 aliphatic carbocycles. The second-order valence-corrected chi connectivity index (χ2v) is 7.40. The quantitative estimate of drug-likeness (QED) is 0.398. The first-order valence-electron chi connectivity index (χ1n) is 10.2. The van der Waals surface area contributed by atoms with Crippen LogP contribution in [0.5, 0.6) is 0 Å². The van der Waals surface area contributed by atoms with E-state index in [9.17, 15) is 22.8 Å². The van der Waals surface area contributed by atoms with Gasteiger partial charge >= 0.3 is 6.18 Å². The third-order valence-electron chi connectivity index (χ3n) is 4.99. The Labute approximate surface area is 193 Å². The summed E-state index contributed by atoms with van der Waals surface area (Å²) in [5.74, 6) is -0.656. The van der Waals surface area contributed by atoms with Crippen molar-refractivity contribution in [3.8, 4) is 11.1 Å². The Morgan fingerprint density at radius 1 is 0.824 bits per heavy atom. The molecule has 0 bridgehead atoms. The lowest BCUT2D eigenvalue weighted by Crippen LogP contribution is -2.19. The van der Waals surface area contributed by atoms with Crippen molar-refractivity contribution in [3.05, 3.63) is 102 Å². The normalized spacial score (nSPS) is 11.1. The van der Waals surface area contributed by atoms with Crippen LogP contribution in [0.2, 0.25) is 0 Å². The van der Waals surface area contributed by atoms with Crippen LogP contribution in [-0.4, -0.2) is 21.6 Å². The molecule has 6 nitrogen and oxygen atoms in total. The number of alkyl halides is 3. The van der Waals surface area contributed by atoms with Gasteiger partial charge in [-0.25, -0.2) is 0 Å². The second-order valence-electron chi connectivity index (χ2n) is 7.40. The number of halogens is 3. The van der Waals surface area contributed by atoms with Crippen LogP contribution in [-0.2, 0) is 17.5 Å². The predicted molar refractivity (Wildman–Crippen MR) is 122 cm³/mol. The maximum absolute atomic E-state index is 12.9. The van der Waals surface area contributed by atoms with Crippen LogP contribution in [0.3, 0.4) is 0 Å². The van der Waals surface area contributed by atoms with Gasteiger partial charge in [-0.15, -0.1) is 0 Å². The molecule has 3 aromatic carbocycles. The summed E-state index contributed by atoms with van der Waals surface area (Å²) < 4.78 is 40.1. The predicted octanol–water partition coefficient (Wildman–Crippen LogP) is 5.46. The lowest BCUT2D eigenvalue weighted by molar-refractivity contribution is -0.137. The summed E-state index contributed by atoms with van der Waals surface area (Å²) in [7, 11) is 0. The standard InChI is InChI=1S/C25H19F3N4O2/c26-25(27,28)18-8-6-17(7-9-18)21-4-1-2-5-22(21)24(34)31-20-12-10-19(11-13-20)30-23(33)16-32-15-3-14-29-32/h1-15H,16H2,(H,30,33)(H,31,34). The molecule has 1 heterocycles. The third-order valence-corrected chi connectivity index (χ3v) is 4.99. The Morgan fingerprint density at radius 3 is 2.09 bits per heavy atom. The minimum absolute atomic E-state index is 0.0756. The van der Waals surface area contributed by atoms with Crippen molar-refractivity contribution in [3.63, 3.8) is 0 Å². The number of anilines is 2. The number of benzene rings is 3. The SMILES string of the molecule is O=C(Cn1cccn1)Nc1ccc(NC(=O)c2ccccc2-c2ccc(C(F)(F)F)cc2)cc1. The van der Waals surface area contributed by atoms with E-state index >= 15 is 0 Å². The van der Waals surface area contributed by atoms with E-state index in [1.807, 2.05) is 0 Å². The van der Waals surface area contributed by atoms with Gasteiger partial charge in [-0.1, -0.05) is 30.3 Å². The van der Waals surface area contributed by atoms with Gasteiger partial charge in [0.05, 0.1) is 5.56 Å². The summed E-state index contributed by atoms with van der Waals surface area (Å²) in [4.78, 5) is 25.0. The molecule has 1 aromatic heterocycles. The molecule has 0 saturated heterocycles. The number of carbonyl (C=O) groups is 2. The van der Waals surface area contributed by atoms with Crippen LogP contribution >= 0.6 is 0 Å². The van der Waals surface area contributed by atoms with E-state index in [-0.39, 0.29) is 12.5 Å². The minimum atomic E-state index is -4.43. The molecular weight excluding hydrogens is 445 g/mol. The Balaban J connectivity index is 1.44. The van der Waals surface area contributed by atoms with Gasteiger partial charge in [0, 0.05) is 29.3 Å². The van der Waals surface area contributed by atoms with Crippen LogP contribution in [0.25, 0.3) is 11.1 Å². The van der Waals surface area contributed by atoms with Gasteiger partial charge in [-0.05, 0) is 59.7 Å². The molecule has 4 rings (SSSR count). The van der Waals surface area contributed by atoms with Crippen molar-refractivity contribution in [2.75, 3.05) is 10.6 Å². The van der Waals surface area contributed by atoms with Crippen LogP contribution in [0, 0.1) is 0 Å². The highest BCUT2D eigenvalue weighted by Gasteiger charge is 2.30. The summed E-state index contributed by atoms with van der Waals surface area (Å²) >= 11 is 0. The van der Waals surface area contributed by atoms with E-state index in [0.717, 1.165) is 12.1 Å². The molecule has 0 unspecified atom stereocenters. The van der Waals surface area contributed by atoms with E-state index in [0.29, 0.717) is 28.1 Å². The van der Waals surface area contributed by atoms with Crippen molar-refractivity contribution in [2.45, 2.75) is 12.7 Å². The molecule has 2 amide bonds. The van der Waals surface area contributed by atoms with E-state index in [1.54, 1.807) is 67.0 Å². The van der Waals surface area contributed by atoms with E-state index in [1.165, 1.54) is 16.8 Å². The van der Waals surface area contributed by atoms with Crippen molar-refractivity contribution < 1.29 is 22.8 Å². The number of nitrogens with zero attached hydrogens (tertiary/aromatic N) is 2. The monoisotopic (exact) mass is 464 g/mol. The van der Waals surface area contributed by atoms with Gasteiger partial charge in [-0.2, -0.15) is 18.3 Å². The molecule has 2 N–H and O–H groups in total. The number of nitrogens with one attached hydrogen (secondary N) is 2. The van der Waals surface area contributed by atoms with Crippen molar-refractivity contribution in [1.82, 2.24) is 9.78 Å². The van der Waals surface area contributed by atoms with Gasteiger partial charge in [0.15, 0.2) is 0 Å². The van der Waals surface area contributed by atoms with Crippen LogP contribution in [0.1, 0.15) is 15.9 Å². The molecule has 9 heteroatoms. The molecule has 4 aromatic rings. The highest BCUT2D eigenvalue weighted by atomic mass is 19.4. The zero-order valence-electron chi connectivity index (χ0n) is 17.7. The number of rotatable bonds is 6. The topological polar surface area (TPSA) is 76.0 Å². The van der Waals surface area contributed by atoms with Gasteiger partial charge in [0.2, 0.25) is 5.91 Å². The lowest BCUT2D eigenvalue weighted by atomic mass is 9.98. The average molecular weight is 464 g/mol. The fourth-order valence-corrected chi connectivity index (χ4v) is 3.35. The summed E-state index contributed by atoms with van der Waals surface area (Å²) in [6, 6.07) is 19.6. The molecule has 0 saturated carbocycles. The first kappa shape index (κ1) is 22.8. The lowest BCUT2D eigenvalue weighted by Gasteiger charge is -2.12. The third kappa shape index (κ3) is 5.50. The zero-order valence-corrected chi connectivity index (χ0v) is 17.7. The summed E-state index contributed by atoms with van der Waals surface area (Å²) in [6.07, 6.45) is -1.17. The molecule has 172 valence electrons. The highest BCUT2D eigenvalue weighted by molar-refractivity contribution is 6.08. The largest absolute Gasteiger partial charge is 0.416 e. The summed E-state index contributed by atoms with van der Waals surface area (Å²) in [5, 5.41) is 9.50. The van der Waals surface area contributed by atoms with Crippen LogP contribution in [0.4, 0.5) is 24.5 Å². The molecular formula is C25H19F3N4O2. The van der Waals surface area contributed by atoms with Crippen molar-refractivity contribution >= 4 is 23.2 Å². The first-order valence-corrected chi connectivity index (χ1v) is 10.2. The molecule has 0 aliphatic heterocycles. The Hall–Kier alpha value is -4.40. The van der Waals surface area contributed by atoms with Gasteiger partial charge < -0.3 is 10.6 Å². The number of hydrogen-bond donors (Lipinski definition) is 2. The van der Waals surface area contributed by atoms with Gasteiger partial charge in [0.1, 0.15) is 6.54 Å². The van der Waals surface area contributed by atoms with E-state index in [4.69, 9.17) is 0 Å². The summed E-state index contributed by atoms with van der Waals surface area (Å²) in [6.45, 7) is 0.0756. The fraction of sp³-hybridized carbons (Fsp3) is 0.0800. The number of amides is 2. The minimum Gasteiger partial charge on any atom is -0.324 e. The molecule has 0 spiro atoms. The van der Waals surface area contributed by atoms with Crippen LogP contribution in [0.15, 0.2) is 91.3 Å².